The maximum atomic E-state index is 12.3. The van der Waals surface area contributed by atoms with E-state index >= 15 is 0 Å². The molecule has 0 aliphatic heterocycles. The van der Waals surface area contributed by atoms with Crippen molar-refractivity contribution in [2.75, 3.05) is 13.6 Å². The summed E-state index contributed by atoms with van der Waals surface area (Å²) in [5, 5.41) is 9.69. The van der Waals surface area contributed by atoms with E-state index in [4.69, 9.17) is 0 Å². The molecule has 20 heavy (non-hydrogen) atoms. The van der Waals surface area contributed by atoms with Gasteiger partial charge < -0.3 is 5.32 Å². The maximum absolute atomic E-state index is 12.3. The quantitative estimate of drug-likeness (QED) is 0.604. The molecule has 0 radical (unpaired) electrons. The fourth-order valence-electron chi connectivity index (χ4n) is 2.07. The molecule has 1 aromatic rings. The number of hydrogen-bond acceptors (Lipinski definition) is 4. The van der Waals surface area contributed by atoms with Crippen LogP contribution in [-0.4, -0.2) is 32.2 Å². The monoisotopic (exact) mass is 302 g/mol. The number of nitrogens with one attached hydrogen (secondary N) is 3. The van der Waals surface area contributed by atoms with Gasteiger partial charge in [0.05, 0.1) is 11.4 Å². The van der Waals surface area contributed by atoms with Crippen LogP contribution in [0.25, 0.3) is 0 Å². The van der Waals surface area contributed by atoms with Crippen LogP contribution < -0.4 is 10.0 Å². The predicted molar refractivity (Wildman–Crippen MR) is 80.0 cm³/mol. The Balaban J connectivity index is 2.62. The topological polar surface area (TPSA) is 86.9 Å². The average molecular weight is 302 g/mol. The van der Waals surface area contributed by atoms with E-state index in [1.807, 2.05) is 0 Å². The van der Waals surface area contributed by atoms with Gasteiger partial charge >= 0.3 is 0 Å². The van der Waals surface area contributed by atoms with E-state index in [1.165, 1.54) is 0 Å². The van der Waals surface area contributed by atoms with Crippen molar-refractivity contribution in [1.29, 1.82) is 0 Å². The van der Waals surface area contributed by atoms with Gasteiger partial charge in [-0.25, -0.2) is 13.1 Å². The number of nitrogens with zero attached hydrogens (tertiary/aromatic N) is 1. The summed E-state index contributed by atoms with van der Waals surface area (Å²) < 4.78 is 27.3. The zero-order valence-corrected chi connectivity index (χ0v) is 13.6. The standard InChI is InChI=1S/C13H26N4O2S/c1-10(2)7-5-6-8-15-20(18,19)13-11(3)16-17-12(13)9-14-4/h10,14-15H,5-9H2,1-4H3,(H,16,17). The van der Waals surface area contributed by atoms with Crippen LogP contribution in [0.4, 0.5) is 0 Å². The Hall–Kier alpha value is -0.920. The third-order valence-electron chi connectivity index (χ3n) is 3.07. The minimum absolute atomic E-state index is 0.274. The lowest BCUT2D eigenvalue weighted by atomic mass is 10.1. The van der Waals surface area contributed by atoms with Crippen LogP contribution >= 0.6 is 0 Å². The Bertz CT molecular complexity index is 508. The molecule has 116 valence electrons. The Morgan fingerprint density at radius 3 is 2.60 bits per heavy atom. The molecule has 0 bridgehead atoms. The molecule has 0 unspecified atom stereocenters. The van der Waals surface area contributed by atoms with Gasteiger partial charge in [0.15, 0.2) is 0 Å². The highest BCUT2D eigenvalue weighted by Crippen LogP contribution is 2.17. The van der Waals surface area contributed by atoms with Crippen LogP contribution in [0.2, 0.25) is 0 Å². The number of aryl methyl sites for hydroxylation is 1. The summed E-state index contributed by atoms with van der Waals surface area (Å²) in [5.74, 6) is 0.657. The molecular formula is C13H26N4O2S. The molecule has 0 aliphatic carbocycles. The lowest BCUT2D eigenvalue weighted by molar-refractivity contribution is 0.530. The molecule has 0 aliphatic rings. The first kappa shape index (κ1) is 17.1. The Kier molecular flexibility index (Phi) is 6.64. The summed E-state index contributed by atoms with van der Waals surface area (Å²) in [5.41, 5.74) is 1.10. The molecule has 3 N–H and O–H groups in total. The highest BCUT2D eigenvalue weighted by atomic mass is 32.2. The van der Waals surface area contributed by atoms with E-state index in [0.717, 1.165) is 19.3 Å². The molecule has 7 heteroatoms. The summed E-state index contributed by atoms with van der Waals surface area (Å²) >= 11 is 0. The van der Waals surface area contributed by atoms with Crippen molar-refractivity contribution in [2.45, 2.75) is 51.5 Å². The average Bonchev–Trinajstić information content (AvgIpc) is 2.71. The fourth-order valence-corrected chi connectivity index (χ4v) is 3.50. The van der Waals surface area contributed by atoms with Crippen molar-refractivity contribution in [3.05, 3.63) is 11.4 Å². The molecule has 0 atom stereocenters. The molecule has 6 nitrogen and oxygen atoms in total. The summed E-state index contributed by atoms with van der Waals surface area (Å²) in [6, 6.07) is 0. The number of sulfonamides is 1. The van der Waals surface area contributed by atoms with Crippen molar-refractivity contribution in [3.63, 3.8) is 0 Å². The Morgan fingerprint density at radius 1 is 1.30 bits per heavy atom. The SMILES string of the molecule is CNCc1n[nH]c(C)c1S(=O)(=O)NCCCCC(C)C. The van der Waals surface area contributed by atoms with E-state index in [9.17, 15) is 8.42 Å². The third kappa shape index (κ3) is 4.88. The first-order chi connectivity index (χ1) is 9.38. The lowest BCUT2D eigenvalue weighted by Gasteiger charge is -2.08. The second-order valence-corrected chi connectivity index (χ2v) is 7.15. The van der Waals surface area contributed by atoms with Gasteiger partial charge in [-0.05, 0) is 26.3 Å². The van der Waals surface area contributed by atoms with Crippen molar-refractivity contribution < 1.29 is 8.42 Å². The minimum Gasteiger partial charge on any atom is -0.314 e. The van der Waals surface area contributed by atoms with Crippen molar-refractivity contribution in [1.82, 2.24) is 20.2 Å². The molecule has 0 aromatic carbocycles. The summed E-state index contributed by atoms with van der Waals surface area (Å²) in [4.78, 5) is 0.274. The molecule has 0 spiro atoms. The van der Waals surface area contributed by atoms with E-state index < -0.39 is 10.0 Å². The highest BCUT2D eigenvalue weighted by Gasteiger charge is 2.23. The smallest absolute Gasteiger partial charge is 0.244 e. The summed E-state index contributed by atoms with van der Waals surface area (Å²) in [7, 11) is -1.72. The second-order valence-electron chi connectivity index (χ2n) is 5.44. The van der Waals surface area contributed by atoms with Gasteiger partial charge in [0.1, 0.15) is 4.90 Å². The Labute approximate surface area is 121 Å². The van der Waals surface area contributed by atoms with E-state index in [-0.39, 0.29) is 4.90 Å². The Morgan fingerprint density at radius 2 is 2.00 bits per heavy atom. The number of aromatic nitrogens is 2. The molecule has 1 aromatic heterocycles. The molecule has 0 saturated heterocycles. The molecule has 0 saturated carbocycles. The largest absolute Gasteiger partial charge is 0.314 e. The molecule has 1 rings (SSSR count). The number of unbranched alkanes of at least 4 members (excludes halogenated alkanes) is 1. The number of rotatable bonds is 9. The molecule has 0 fully saturated rings. The summed E-state index contributed by atoms with van der Waals surface area (Å²) in [6.07, 6.45) is 3.01. The number of hydrogen-bond donors (Lipinski definition) is 3. The first-order valence-corrected chi connectivity index (χ1v) is 8.55. The van der Waals surface area contributed by atoms with Crippen molar-refractivity contribution in [3.8, 4) is 0 Å². The highest BCUT2D eigenvalue weighted by molar-refractivity contribution is 7.89. The van der Waals surface area contributed by atoms with Gasteiger partial charge in [-0.3, -0.25) is 5.10 Å². The zero-order valence-electron chi connectivity index (χ0n) is 12.8. The van der Waals surface area contributed by atoms with Crippen LogP contribution in [0.1, 0.15) is 44.5 Å². The van der Waals surface area contributed by atoms with Crippen LogP contribution in [0.3, 0.4) is 0 Å². The number of H-pyrrole nitrogens is 1. The molecule has 1 heterocycles. The summed E-state index contributed by atoms with van der Waals surface area (Å²) in [6.45, 7) is 6.96. The zero-order chi connectivity index (χ0) is 15.2. The van der Waals surface area contributed by atoms with Crippen molar-refractivity contribution >= 4 is 10.0 Å². The van der Waals surface area contributed by atoms with Crippen LogP contribution in [0, 0.1) is 12.8 Å². The van der Waals surface area contributed by atoms with Crippen molar-refractivity contribution in [2.24, 2.45) is 5.92 Å². The molecule has 0 amide bonds. The van der Waals surface area contributed by atoms with Gasteiger partial charge in [0, 0.05) is 13.1 Å². The van der Waals surface area contributed by atoms with Gasteiger partial charge in [0.2, 0.25) is 10.0 Å². The fraction of sp³-hybridized carbons (Fsp3) is 0.769. The van der Waals surface area contributed by atoms with E-state index in [0.29, 0.717) is 30.4 Å². The van der Waals surface area contributed by atoms with Crippen LogP contribution in [-0.2, 0) is 16.6 Å². The minimum atomic E-state index is -3.48. The van der Waals surface area contributed by atoms with Crippen LogP contribution in [0.15, 0.2) is 4.90 Å². The normalized spacial score (nSPS) is 12.2. The first-order valence-electron chi connectivity index (χ1n) is 7.06. The second kappa shape index (κ2) is 7.75. The van der Waals surface area contributed by atoms with Crippen LogP contribution in [0.5, 0.6) is 0 Å². The van der Waals surface area contributed by atoms with Gasteiger partial charge in [-0.1, -0.05) is 26.7 Å². The predicted octanol–water partition coefficient (Wildman–Crippen LogP) is 1.54. The van der Waals surface area contributed by atoms with Gasteiger partial charge in [0.25, 0.3) is 0 Å². The third-order valence-corrected chi connectivity index (χ3v) is 4.74. The van der Waals surface area contributed by atoms with Gasteiger partial charge in [-0.15, -0.1) is 0 Å². The maximum Gasteiger partial charge on any atom is 0.244 e. The lowest BCUT2D eigenvalue weighted by Crippen LogP contribution is -2.26. The molecular weight excluding hydrogens is 276 g/mol. The van der Waals surface area contributed by atoms with E-state index in [1.54, 1.807) is 14.0 Å². The van der Waals surface area contributed by atoms with E-state index in [2.05, 4.69) is 34.1 Å². The number of aromatic amines is 1. The van der Waals surface area contributed by atoms with Gasteiger partial charge in [-0.2, -0.15) is 5.10 Å².